The second kappa shape index (κ2) is 4.75. The fourth-order valence-corrected chi connectivity index (χ4v) is 2.26. The number of aromatic nitrogens is 3. The molecule has 1 fully saturated rings. The zero-order chi connectivity index (χ0) is 10.7. The molecule has 0 aliphatic carbocycles. The van der Waals surface area contributed by atoms with Gasteiger partial charge in [0, 0.05) is 12.6 Å². The van der Waals surface area contributed by atoms with Crippen LogP contribution in [0.5, 0.6) is 0 Å². The summed E-state index contributed by atoms with van der Waals surface area (Å²) in [5.74, 6) is 1.92. The van der Waals surface area contributed by atoms with Crippen LogP contribution in [0.1, 0.15) is 37.3 Å². The van der Waals surface area contributed by atoms with Gasteiger partial charge in [0.2, 0.25) is 0 Å². The summed E-state index contributed by atoms with van der Waals surface area (Å²) in [6.07, 6.45) is 5.14. The van der Waals surface area contributed by atoms with Crippen molar-refractivity contribution in [1.82, 2.24) is 20.1 Å². The Morgan fingerprint density at radius 3 is 2.93 bits per heavy atom. The lowest BCUT2D eigenvalue weighted by Crippen LogP contribution is -2.21. The molecule has 0 spiro atoms. The van der Waals surface area contributed by atoms with Crippen molar-refractivity contribution in [2.75, 3.05) is 6.54 Å². The van der Waals surface area contributed by atoms with E-state index in [0.717, 1.165) is 24.2 Å². The van der Waals surface area contributed by atoms with Gasteiger partial charge in [0.25, 0.3) is 0 Å². The zero-order valence-corrected chi connectivity index (χ0v) is 9.66. The smallest absolute Gasteiger partial charge is 0.147 e. The maximum absolute atomic E-state index is 4.36. The van der Waals surface area contributed by atoms with Gasteiger partial charge in [-0.1, -0.05) is 0 Å². The summed E-state index contributed by atoms with van der Waals surface area (Å²) in [5.41, 5.74) is 0. The maximum atomic E-state index is 4.36. The molecular weight excluding hydrogens is 188 g/mol. The molecule has 1 atom stereocenters. The van der Waals surface area contributed by atoms with Gasteiger partial charge in [-0.25, -0.2) is 4.98 Å². The molecule has 0 saturated carbocycles. The molecule has 1 unspecified atom stereocenters. The molecule has 2 heterocycles. The lowest BCUT2D eigenvalue weighted by molar-refractivity contribution is 0.477. The average Bonchev–Trinajstić information content (AvgIpc) is 2.77. The summed E-state index contributed by atoms with van der Waals surface area (Å²) in [6, 6.07) is 0.745. The lowest BCUT2D eigenvalue weighted by atomic mass is 10.1. The Morgan fingerprint density at radius 1 is 1.47 bits per heavy atom. The normalized spacial score (nSPS) is 21.1. The van der Waals surface area contributed by atoms with E-state index in [-0.39, 0.29) is 0 Å². The van der Waals surface area contributed by atoms with Gasteiger partial charge < -0.3 is 5.32 Å². The van der Waals surface area contributed by atoms with Crippen molar-refractivity contribution >= 4 is 0 Å². The zero-order valence-electron chi connectivity index (χ0n) is 9.66. The van der Waals surface area contributed by atoms with Gasteiger partial charge in [-0.2, -0.15) is 5.10 Å². The van der Waals surface area contributed by atoms with E-state index < -0.39 is 0 Å². The van der Waals surface area contributed by atoms with Gasteiger partial charge in [0.15, 0.2) is 0 Å². The Hall–Kier alpha value is -0.900. The monoisotopic (exact) mass is 208 g/mol. The summed E-state index contributed by atoms with van der Waals surface area (Å²) in [5, 5.41) is 7.88. The molecule has 1 aromatic rings. The predicted molar refractivity (Wildman–Crippen MR) is 59.8 cm³/mol. The third kappa shape index (κ3) is 2.78. The number of nitrogens with one attached hydrogen (secondary N) is 1. The van der Waals surface area contributed by atoms with E-state index in [4.69, 9.17) is 0 Å². The summed E-state index contributed by atoms with van der Waals surface area (Å²) in [6.45, 7) is 6.17. The number of rotatable bonds is 4. The molecule has 0 radical (unpaired) electrons. The molecule has 15 heavy (non-hydrogen) atoms. The van der Waals surface area contributed by atoms with Crippen molar-refractivity contribution in [3.05, 3.63) is 11.6 Å². The summed E-state index contributed by atoms with van der Waals surface area (Å²) in [4.78, 5) is 4.30. The molecule has 2 rings (SSSR count). The SMILES string of the molecule is Cc1nc(C)n(CCCC2CCCN2)n1. The molecule has 84 valence electrons. The summed E-state index contributed by atoms with van der Waals surface area (Å²) < 4.78 is 2.02. The van der Waals surface area contributed by atoms with Crippen LogP contribution < -0.4 is 5.32 Å². The number of hydrogen-bond acceptors (Lipinski definition) is 3. The topological polar surface area (TPSA) is 42.7 Å². The highest BCUT2D eigenvalue weighted by molar-refractivity contribution is 4.87. The largest absolute Gasteiger partial charge is 0.314 e. The van der Waals surface area contributed by atoms with E-state index in [9.17, 15) is 0 Å². The minimum absolute atomic E-state index is 0.745. The molecule has 0 aromatic carbocycles. The van der Waals surface area contributed by atoms with Crippen LogP contribution in [0.4, 0.5) is 0 Å². The Kier molecular flexibility index (Phi) is 3.36. The highest BCUT2D eigenvalue weighted by Crippen LogP contribution is 2.11. The minimum atomic E-state index is 0.745. The van der Waals surface area contributed by atoms with Crippen LogP contribution in [0.2, 0.25) is 0 Å². The third-order valence-electron chi connectivity index (χ3n) is 3.05. The Balaban J connectivity index is 1.75. The lowest BCUT2D eigenvalue weighted by Gasteiger charge is -2.09. The van der Waals surface area contributed by atoms with Gasteiger partial charge in [-0.15, -0.1) is 0 Å². The van der Waals surface area contributed by atoms with E-state index >= 15 is 0 Å². The first-order chi connectivity index (χ1) is 7.25. The van der Waals surface area contributed by atoms with Crippen molar-refractivity contribution in [1.29, 1.82) is 0 Å². The molecule has 0 bridgehead atoms. The molecule has 4 heteroatoms. The van der Waals surface area contributed by atoms with Crippen molar-refractivity contribution in [3.8, 4) is 0 Å². The van der Waals surface area contributed by atoms with Crippen molar-refractivity contribution in [2.45, 2.75) is 52.1 Å². The van der Waals surface area contributed by atoms with E-state index in [2.05, 4.69) is 15.4 Å². The first-order valence-corrected chi connectivity index (χ1v) is 5.87. The summed E-state index contributed by atoms with van der Waals surface area (Å²) in [7, 11) is 0. The van der Waals surface area contributed by atoms with Crippen molar-refractivity contribution in [2.24, 2.45) is 0 Å². The van der Waals surface area contributed by atoms with Gasteiger partial charge in [-0.05, 0) is 46.1 Å². The maximum Gasteiger partial charge on any atom is 0.147 e. The van der Waals surface area contributed by atoms with E-state index in [1.807, 2.05) is 18.5 Å². The fourth-order valence-electron chi connectivity index (χ4n) is 2.26. The molecule has 1 N–H and O–H groups in total. The second-order valence-electron chi connectivity index (χ2n) is 4.36. The quantitative estimate of drug-likeness (QED) is 0.814. The standard InChI is InChI=1S/C11H20N4/c1-9-13-10(2)15(14-9)8-4-6-11-5-3-7-12-11/h11-12H,3-8H2,1-2H3. The number of hydrogen-bond donors (Lipinski definition) is 1. The molecule has 1 aliphatic rings. The Morgan fingerprint density at radius 2 is 2.33 bits per heavy atom. The van der Waals surface area contributed by atoms with Crippen LogP contribution in [-0.2, 0) is 6.54 Å². The molecular formula is C11H20N4. The van der Waals surface area contributed by atoms with Crippen LogP contribution in [0.25, 0.3) is 0 Å². The average molecular weight is 208 g/mol. The fraction of sp³-hybridized carbons (Fsp3) is 0.818. The highest BCUT2D eigenvalue weighted by Gasteiger charge is 2.13. The molecule has 1 saturated heterocycles. The van der Waals surface area contributed by atoms with E-state index in [1.54, 1.807) is 0 Å². The minimum Gasteiger partial charge on any atom is -0.314 e. The highest BCUT2D eigenvalue weighted by atomic mass is 15.3. The molecule has 1 aliphatic heterocycles. The molecule has 4 nitrogen and oxygen atoms in total. The van der Waals surface area contributed by atoms with Crippen molar-refractivity contribution < 1.29 is 0 Å². The molecule has 1 aromatic heterocycles. The Bertz CT molecular complexity index is 312. The van der Waals surface area contributed by atoms with Gasteiger partial charge in [0.1, 0.15) is 11.6 Å². The Labute approximate surface area is 91.1 Å². The van der Waals surface area contributed by atoms with Crippen LogP contribution in [0, 0.1) is 13.8 Å². The second-order valence-corrected chi connectivity index (χ2v) is 4.36. The number of aryl methyl sites for hydroxylation is 3. The van der Waals surface area contributed by atoms with Crippen LogP contribution in [-0.4, -0.2) is 27.4 Å². The summed E-state index contributed by atoms with van der Waals surface area (Å²) >= 11 is 0. The molecule has 0 amide bonds. The van der Waals surface area contributed by atoms with Crippen LogP contribution in [0.3, 0.4) is 0 Å². The number of nitrogens with zero attached hydrogens (tertiary/aromatic N) is 3. The third-order valence-corrected chi connectivity index (χ3v) is 3.05. The van der Waals surface area contributed by atoms with E-state index in [1.165, 1.54) is 32.2 Å². The van der Waals surface area contributed by atoms with Gasteiger partial charge in [0.05, 0.1) is 0 Å². The van der Waals surface area contributed by atoms with Crippen LogP contribution in [0.15, 0.2) is 0 Å². The van der Waals surface area contributed by atoms with Crippen LogP contribution >= 0.6 is 0 Å². The predicted octanol–water partition coefficient (Wildman–Crippen LogP) is 1.43. The van der Waals surface area contributed by atoms with Gasteiger partial charge >= 0.3 is 0 Å². The van der Waals surface area contributed by atoms with E-state index in [0.29, 0.717) is 0 Å². The first kappa shape index (κ1) is 10.6. The first-order valence-electron chi connectivity index (χ1n) is 5.87. The van der Waals surface area contributed by atoms with Gasteiger partial charge in [-0.3, -0.25) is 4.68 Å². The van der Waals surface area contributed by atoms with Crippen molar-refractivity contribution in [3.63, 3.8) is 0 Å².